The molecule has 0 aliphatic rings. The molecule has 0 saturated carbocycles. The van der Waals surface area contributed by atoms with E-state index in [0.29, 0.717) is 0 Å². The Labute approximate surface area is 64.5 Å². The molecular formula is C7H10O4. The van der Waals surface area contributed by atoms with Crippen molar-refractivity contribution in [2.75, 3.05) is 7.11 Å². The van der Waals surface area contributed by atoms with Crippen LogP contribution >= 0.6 is 0 Å². The molecule has 0 amide bonds. The summed E-state index contributed by atoms with van der Waals surface area (Å²) >= 11 is 0. The number of aliphatic carboxylic acids is 1. The first-order chi connectivity index (χ1) is 5.11. The summed E-state index contributed by atoms with van der Waals surface area (Å²) in [6.07, 6.45) is 1.14. The molecule has 62 valence electrons. The molecule has 0 radical (unpaired) electrons. The number of allylic oxidation sites excluding steroid dienone is 1. The molecule has 0 aromatic rings. The first-order valence-electron chi connectivity index (χ1n) is 3.07. The van der Waals surface area contributed by atoms with Crippen LogP contribution in [0.4, 0.5) is 0 Å². The number of rotatable bonds is 3. The third-order valence-corrected chi connectivity index (χ3v) is 1.14. The SMILES string of the molecule is CC=C(CC(=O)O)C(=O)OC. The van der Waals surface area contributed by atoms with Crippen molar-refractivity contribution in [1.29, 1.82) is 0 Å². The predicted octanol–water partition coefficient (Wildman–Crippen LogP) is 0.580. The molecule has 0 bridgehead atoms. The second-order valence-electron chi connectivity index (χ2n) is 1.88. The van der Waals surface area contributed by atoms with E-state index in [0.717, 1.165) is 0 Å². The van der Waals surface area contributed by atoms with Gasteiger partial charge >= 0.3 is 11.9 Å². The Morgan fingerprint density at radius 2 is 2.09 bits per heavy atom. The standard InChI is InChI=1S/C7H10O4/c1-3-5(4-6(8)9)7(10)11-2/h3H,4H2,1-2H3,(H,8,9). The molecule has 0 aliphatic heterocycles. The Balaban J connectivity index is 4.20. The second kappa shape index (κ2) is 4.49. The minimum absolute atomic E-state index is 0.167. The molecular weight excluding hydrogens is 148 g/mol. The van der Waals surface area contributed by atoms with Gasteiger partial charge in [-0.05, 0) is 6.92 Å². The first-order valence-corrected chi connectivity index (χ1v) is 3.07. The molecule has 0 heterocycles. The van der Waals surface area contributed by atoms with Crippen LogP contribution < -0.4 is 0 Å². The van der Waals surface area contributed by atoms with Crippen molar-refractivity contribution < 1.29 is 19.4 Å². The van der Waals surface area contributed by atoms with Gasteiger partial charge in [0, 0.05) is 5.57 Å². The summed E-state index contributed by atoms with van der Waals surface area (Å²) in [5.74, 6) is -1.63. The maximum Gasteiger partial charge on any atom is 0.333 e. The van der Waals surface area contributed by atoms with Crippen LogP contribution in [0.5, 0.6) is 0 Å². The number of ether oxygens (including phenoxy) is 1. The van der Waals surface area contributed by atoms with E-state index in [2.05, 4.69) is 4.74 Å². The topological polar surface area (TPSA) is 63.6 Å². The van der Waals surface area contributed by atoms with Crippen molar-refractivity contribution in [3.63, 3.8) is 0 Å². The van der Waals surface area contributed by atoms with Gasteiger partial charge in [0.1, 0.15) is 0 Å². The van der Waals surface area contributed by atoms with Crippen LogP contribution in [-0.4, -0.2) is 24.2 Å². The number of carbonyl (C=O) groups is 2. The van der Waals surface area contributed by atoms with Crippen LogP contribution in [0.1, 0.15) is 13.3 Å². The number of carboxylic acids is 1. The number of carbonyl (C=O) groups excluding carboxylic acids is 1. The highest BCUT2D eigenvalue weighted by molar-refractivity contribution is 5.93. The molecule has 0 unspecified atom stereocenters. The predicted molar refractivity (Wildman–Crippen MR) is 38.0 cm³/mol. The third kappa shape index (κ3) is 3.40. The molecule has 4 nitrogen and oxygen atoms in total. The lowest BCUT2D eigenvalue weighted by Crippen LogP contribution is -2.08. The molecule has 0 saturated heterocycles. The van der Waals surface area contributed by atoms with E-state index in [4.69, 9.17) is 5.11 Å². The van der Waals surface area contributed by atoms with Crippen LogP contribution in [0.15, 0.2) is 11.6 Å². The van der Waals surface area contributed by atoms with E-state index >= 15 is 0 Å². The molecule has 0 aliphatic carbocycles. The largest absolute Gasteiger partial charge is 0.481 e. The zero-order valence-electron chi connectivity index (χ0n) is 6.46. The van der Waals surface area contributed by atoms with Gasteiger partial charge in [0.05, 0.1) is 13.5 Å². The first kappa shape index (κ1) is 9.68. The lowest BCUT2D eigenvalue weighted by molar-refractivity contribution is -0.141. The summed E-state index contributed by atoms with van der Waals surface area (Å²) in [6.45, 7) is 1.59. The molecule has 0 fully saturated rings. The molecule has 0 spiro atoms. The van der Waals surface area contributed by atoms with Gasteiger partial charge in [-0.25, -0.2) is 4.79 Å². The second-order valence-corrected chi connectivity index (χ2v) is 1.88. The summed E-state index contributed by atoms with van der Waals surface area (Å²) in [7, 11) is 1.22. The van der Waals surface area contributed by atoms with Crippen molar-refractivity contribution in [3.8, 4) is 0 Å². The maximum absolute atomic E-state index is 10.7. The van der Waals surface area contributed by atoms with Crippen LogP contribution in [0.2, 0.25) is 0 Å². The lowest BCUT2D eigenvalue weighted by Gasteiger charge is -1.99. The van der Waals surface area contributed by atoms with Crippen molar-refractivity contribution in [3.05, 3.63) is 11.6 Å². The van der Waals surface area contributed by atoms with Gasteiger partial charge in [-0.3, -0.25) is 4.79 Å². The number of carboxylic acid groups (broad SMARTS) is 1. The van der Waals surface area contributed by atoms with E-state index in [9.17, 15) is 9.59 Å². The summed E-state index contributed by atoms with van der Waals surface area (Å²) < 4.78 is 4.33. The van der Waals surface area contributed by atoms with E-state index < -0.39 is 11.9 Å². The summed E-state index contributed by atoms with van der Waals surface area (Å²) in [6, 6.07) is 0. The summed E-state index contributed by atoms with van der Waals surface area (Å²) in [5, 5.41) is 8.31. The van der Waals surface area contributed by atoms with E-state index in [1.165, 1.54) is 13.2 Å². The lowest BCUT2D eigenvalue weighted by atomic mass is 10.2. The smallest absolute Gasteiger partial charge is 0.333 e. The van der Waals surface area contributed by atoms with Gasteiger partial charge in [0.15, 0.2) is 0 Å². The van der Waals surface area contributed by atoms with E-state index in [1.54, 1.807) is 6.92 Å². The zero-order valence-corrected chi connectivity index (χ0v) is 6.46. The van der Waals surface area contributed by atoms with Crippen molar-refractivity contribution in [1.82, 2.24) is 0 Å². The molecule has 4 heteroatoms. The van der Waals surface area contributed by atoms with Gasteiger partial charge in [-0.15, -0.1) is 0 Å². The number of methoxy groups -OCH3 is 1. The Morgan fingerprint density at radius 1 is 1.55 bits per heavy atom. The van der Waals surface area contributed by atoms with E-state index in [-0.39, 0.29) is 12.0 Å². The molecule has 0 rings (SSSR count). The monoisotopic (exact) mass is 158 g/mol. The van der Waals surface area contributed by atoms with Gasteiger partial charge in [0.2, 0.25) is 0 Å². The minimum atomic E-state index is -1.04. The minimum Gasteiger partial charge on any atom is -0.481 e. The van der Waals surface area contributed by atoms with Gasteiger partial charge in [0.25, 0.3) is 0 Å². The Morgan fingerprint density at radius 3 is 2.36 bits per heavy atom. The fourth-order valence-electron chi connectivity index (χ4n) is 0.586. The number of hydrogen-bond acceptors (Lipinski definition) is 3. The molecule has 0 atom stereocenters. The highest BCUT2D eigenvalue weighted by Crippen LogP contribution is 2.02. The Hall–Kier alpha value is -1.32. The third-order valence-electron chi connectivity index (χ3n) is 1.14. The quantitative estimate of drug-likeness (QED) is 0.482. The molecule has 0 aromatic carbocycles. The van der Waals surface area contributed by atoms with Crippen molar-refractivity contribution in [2.45, 2.75) is 13.3 Å². The maximum atomic E-state index is 10.7. The molecule has 1 N–H and O–H groups in total. The summed E-state index contributed by atoms with van der Waals surface area (Å²) in [4.78, 5) is 20.9. The summed E-state index contributed by atoms with van der Waals surface area (Å²) in [5.41, 5.74) is 0.167. The van der Waals surface area contributed by atoms with Gasteiger partial charge < -0.3 is 9.84 Å². The fraction of sp³-hybridized carbons (Fsp3) is 0.429. The number of hydrogen-bond donors (Lipinski definition) is 1. The van der Waals surface area contributed by atoms with Crippen molar-refractivity contribution >= 4 is 11.9 Å². The Kier molecular flexibility index (Phi) is 3.95. The zero-order chi connectivity index (χ0) is 8.85. The fourth-order valence-corrected chi connectivity index (χ4v) is 0.586. The van der Waals surface area contributed by atoms with Crippen LogP contribution in [0.25, 0.3) is 0 Å². The Bertz CT molecular complexity index is 193. The average Bonchev–Trinajstić information content (AvgIpc) is 1.98. The van der Waals surface area contributed by atoms with Gasteiger partial charge in [-0.2, -0.15) is 0 Å². The van der Waals surface area contributed by atoms with Crippen LogP contribution in [-0.2, 0) is 14.3 Å². The van der Waals surface area contributed by atoms with Crippen LogP contribution in [0, 0.1) is 0 Å². The normalized spacial score (nSPS) is 10.9. The van der Waals surface area contributed by atoms with E-state index in [1.807, 2.05) is 0 Å². The highest BCUT2D eigenvalue weighted by Gasteiger charge is 2.11. The average molecular weight is 158 g/mol. The van der Waals surface area contributed by atoms with Gasteiger partial charge in [-0.1, -0.05) is 6.08 Å². The van der Waals surface area contributed by atoms with Crippen LogP contribution in [0.3, 0.4) is 0 Å². The molecule has 11 heavy (non-hydrogen) atoms. The molecule has 0 aromatic heterocycles. The van der Waals surface area contributed by atoms with Crippen molar-refractivity contribution in [2.24, 2.45) is 0 Å². The highest BCUT2D eigenvalue weighted by atomic mass is 16.5. The number of esters is 1.